The van der Waals surface area contributed by atoms with Gasteiger partial charge in [-0.3, -0.25) is 0 Å². The maximum absolute atomic E-state index is 0. The van der Waals surface area contributed by atoms with E-state index >= 15 is 0 Å². The fourth-order valence-electron chi connectivity index (χ4n) is 0. The molecule has 4 heavy (non-hydrogen) atoms. The fraction of sp³-hybridized carbons (Fsp3) is 0. The third kappa shape index (κ3) is 10.2. The summed E-state index contributed by atoms with van der Waals surface area (Å²) in [7, 11) is 0. The van der Waals surface area contributed by atoms with E-state index < -0.39 is 0 Å². The Balaban J connectivity index is 0. The summed E-state index contributed by atoms with van der Waals surface area (Å²) >= 11 is 0. The SMILES string of the molecule is [Al+3].[O-2].[O-2].[Zr+4]. The van der Waals surface area contributed by atoms with Crippen molar-refractivity contribution in [3.63, 3.8) is 0 Å². The van der Waals surface area contributed by atoms with Gasteiger partial charge < -0.3 is 11.0 Å². The predicted molar refractivity (Wildman–Crippen MR) is 7.13 cm³/mol. The Bertz CT molecular complexity index is 6.00. The summed E-state index contributed by atoms with van der Waals surface area (Å²) in [5.41, 5.74) is 0. The average Bonchev–Trinajstić information content (AvgIpc) is 0. The normalized spacial score (nSPS) is 0. The molecule has 0 spiro atoms. The summed E-state index contributed by atoms with van der Waals surface area (Å²) in [6.45, 7) is 0. The summed E-state index contributed by atoms with van der Waals surface area (Å²) in [6.07, 6.45) is 0. The van der Waals surface area contributed by atoms with Crippen LogP contribution in [0.25, 0.3) is 0 Å². The zero-order chi connectivity index (χ0) is 0. The first-order valence-corrected chi connectivity index (χ1v) is 0. The molecule has 0 heterocycles. The molecule has 0 saturated heterocycles. The predicted octanol–water partition coefficient (Wildman–Crippen LogP) is -0.621. The van der Waals surface area contributed by atoms with E-state index in [0.29, 0.717) is 0 Å². The van der Waals surface area contributed by atoms with Crippen molar-refractivity contribution in [1.29, 1.82) is 0 Å². The van der Waals surface area contributed by atoms with Crippen molar-refractivity contribution < 1.29 is 37.2 Å². The Morgan fingerprint density at radius 3 is 0.750 bits per heavy atom. The summed E-state index contributed by atoms with van der Waals surface area (Å²) in [6, 6.07) is 0. The van der Waals surface area contributed by atoms with Crippen LogP contribution in [-0.4, -0.2) is 17.4 Å². The van der Waals surface area contributed by atoms with Gasteiger partial charge in [0.05, 0.1) is 0 Å². The molecule has 0 aliphatic rings. The minimum atomic E-state index is 0. The van der Waals surface area contributed by atoms with Crippen molar-refractivity contribution in [2.24, 2.45) is 0 Å². The first kappa shape index (κ1) is 56.2. The molecule has 0 aliphatic carbocycles. The second-order valence-electron chi connectivity index (χ2n) is 0. The van der Waals surface area contributed by atoms with E-state index in [1.54, 1.807) is 0 Å². The zero-order valence-electron chi connectivity index (χ0n) is 1.89. The van der Waals surface area contributed by atoms with Crippen LogP contribution >= 0.6 is 0 Å². The Morgan fingerprint density at radius 1 is 0.750 bits per heavy atom. The van der Waals surface area contributed by atoms with Crippen LogP contribution in [0.3, 0.4) is 0 Å². The van der Waals surface area contributed by atoms with Gasteiger partial charge >= 0.3 is 43.6 Å². The van der Waals surface area contributed by atoms with E-state index in [9.17, 15) is 0 Å². The van der Waals surface area contributed by atoms with E-state index in [4.69, 9.17) is 0 Å². The molecule has 0 aromatic heterocycles. The average molecular weight is 150 g/mol. The molecular formula is AlO2Zr+3. The summed E-state index contributed by atoms with van der Waals surface area (Å²) in [4.78, 5) is 0. The molecule has 0 N–H and O–H groups in total. The van der Waals surface area contributed by atoms with Crippen LogP contribution in [0, 0.1) is 0 Å². The van der Waals surface area contributed by atoms with Crippen LogP contribution in [0.2, 0.25) is 0 Å². The van der Waals surface area contributed by atoms with E-state index in [-0.39, 0.29) is 54.5 Å². The Labute approximate surface area is 54.5 Å². The van der Waals surface area contributed by atoms with E-state index in [0.717, 1.165) is 0 Å². The fourth-order valence-corrected chi connectivity index (χ4v) is 0. The molecule has 0 aromatic rings. The van der Waals surface area contributed by atoms with Gasteiger partial charge in [0.25, 0.3) is 0 Å². The zero-order valence-corrected chi connectivity index (χ0v) is 5.51. The quantitative estimate of drug-likeness (QED) is 0.413. The molecule has 0 atom stereocenters. The van der Waals surface area contributed by atoms with E-state index in [2.05, 4.69) is 0 Å². The standard InChI is InChI=1S/Al.2O.Zr/q+3;2*-2;+4. The smallest absolute Gasteiger partial charge is 2.00 e. The van der Waals surface area contributed by atoms with Gasteiger partial charge in [0.1, 0.15) is 0 Å². The van der Waals surface area contributed by atoms with Gasteiger partial charge in [0.15, 0.2) is 0 Å². The summed E-state index contributed by atoms with van der Waals surface area (Å²) < 4.78 is 0. The van der Waals surface area contributed by atoms with Crippen molar-refractivity contribution in [3.8, 4) is 0 Å². The third-order valence-electron chi connectivity index (χ3n) is 0. The molecular weight excluding hydrogens is 150 g/mol. The first-order chi connectivity index (χ1) is 0. The molecule has 0 unspecified atom stereocenters. The van der Waals surface area contributed by atoms with Crippen molar-refractivity contribution in [2.45, 2.75) is 0 Å². The largest absolute Gasteiger partial charge is 4.00 e. The van der Waals surface area contributed by atoms with Crippen LogP contribution in [0.1, 0.15) is 0 Å². The summed E-state index contributed by atoms with van der Waals surface area (Å²) in [5, 5.41) is 0. The van der Waals surface area contributed by atoms with Crippen molar-refractivity contribution in [1.82, 2.24) is 0 Å². The molecule has 4 heteroatoms. The van der Waals surface area contributed by atoms with Crippen LogP contribution in [-0.2, 0) is 37.2 Å². The molecule has 16 valence electrons. The maximum Gasteiger partial charge on any atom is 4.00 e. The van der Waals surface area contributed by atoms with Crippen molar-refractivity contribution in [3.05, 3.63) is 0 Å². The Morgan fingerprint density at radius 2 is 0.750 bits per heavy atom. The molecule has 0 rings (SSSR count). The number of hydrogen-bond donors (Lipinski definition) is 0. The Kier molecular flexibility index (Phi) is 380. The molecule has 0 radical (unpaired) electrons. The third-order valence-corrected chi connectivity index (χ3v) is 0. The van der Waals surface area contributed by atoms with Crippen LogP contribution < -0.4 is 0 Å². The molecule has 0 aromatic carbocycles. The van der Waals surface area contributed by atoms with Gasteiger partial charge in [0, 0.05) is 0 Å². The van der Waals surface area contributed by atoms with Gasteiger partial charge in [-0.05, 0) is 0 Å². The second kappa shape index (κ2) is 27.0. The number of rotatable bonds is 0. The second-order valence-corrected chi connectivity index (χ2v) is 0. The molecule has 0 bridgehead atoms. The molecule has 0 saturated carbocycles. The monoisotopic (exact) mass is 149 g/mol. The van der Waals surface area contributed by atoms with Crippen molar-refractivity contribution >= 4 is 17.4 Å². The van der Waals surface area contributed by atoms with Gasteiger partial charge in [0.2, 0.25) is 0 Å². The van der Waals surface area contributed by atoms with Gasteiger partial charge in [-0.15, -0.1) is 0 Å². The first-order valence-electron chi connectivity index (χ1n) is 0. The van der Waals surface area contributed by atoms with E-state index in [1.807, 2.05) is 0 Å². The van der Waals surface area contributed by atoms with Crippen molar-refractivity contribution in [2.75, 3.05) is 0 Å². The minimum Gasteiger partial charge on any atom is -2.00 e. The Hall–Kier alpha value is 1.34. The van der Waals surface area contributed by atoms with Gasteiger partial charge in [-0.25, -0.2) is 0 Å². The topological polar surface area (TPSA) is 57.0 Å². The van der Waals surface area contributed by atoms with Crippen LogP contribution in [0.5, 0.6) is 0 Å². The van der Waals surface area contributed by atoms with E-state index in [1.165, 1.54) is 0 Å². The molecule has 2 nitrogen and oxygen atoms in total. The number of hydrogen-bond acceptors (Lipinski definition) is 0. The molecule has 0 fully saturated rings. The molecule has 0 amide bonds. The maximum atomic E-state index is 0. The van der Waals surface area contributed by atoms with Gasteiger partial charge in [-0.2, -0.15) is 0 Å². The van der Waals surface area contributed by atoms with Crippen LogP contribution in [0.4, 0.5) is 0 Å². The van der Waals surface area contributed by atoms with Crippen LogP contribution in [0.15, 0.2) is 0 Å². The summed E-state index contributed by atoms with van der Waals surface area (Å²) in [5.74, 6) is 0. The van der Waals surface area contributed by atoms with Gasteiger partial charge in [-0.1, -0.05) is 0 Å². The minimum absolute atomic E-state index is 0. The molecule has 0 aliphatic heterocycles.